The summed E-state index contributed by atoms with van der Waals surface area (Å²) < 4.78 is 0. The zero-order valence-corrected chi connectivity index (χ0v) is 12.8. The maximum absolute atomic E-state index is 11.9. The van der Waals surface area contributed by atoms with Crippen LogP contribution in [0.25, 0.3) is 0 Å². The smallest absolute Gasteiger partial charge is 0.239 e. The van der Waals surface area contributed by atoms with Crippen molar-refractivity contribution < 1.29 is 9.59 Å². The van der Waals surface area contributed by atoms with Crippen LogP contribution in [0.3, 0.4) is 0 Å². The molecule has 0 spiro atoms. The molecule has 3 N–H and O–H groups in total. The standard InChI is InChI=1S/C17H26N2O2/c1-2-3-4-8-11-15(17(18)21)19-16(20)13-12-14-9-6-5-7-10-14/h5-7,9-10,15H,2-4,8,11-13H2,1H3,(H2,18,21)(H,19,20)/t15-/m1/s1. The van der Waals surface area contributed by atoms with E-state index in [9.17, 15) is 9.59 Å². The number of nitrogens with two attached hydrogens (primary N) is 1. The third-order valence-electron chi connectivity index (χ3n) is 3.51. The highest BCUT2D eigenvalue weighted by Gasteiger charge is 2.17. The molecule has 0 bridgehead atoms. The fourth-order valence-corrected chi connectivity index (χ4v) is 2.23. The minimum atomic E-state index is -0.537. The molecule has 4 heteroatoms. The Kier molecular flexibility index (Phi) is 8.17. The first-order chi connectivity index (χ1) is 10.1. The van der Waals surface area contributed by atoms with Crippen molar-refractivity contribution >= 4 is 11.8 Å². The molecule has 4 nitrogen and oxygen atoms in total. The van der Waals surface area contributed by atoms with Crippen LogP contribution in [-0.2, 0) is 16.0 Å². The van der Waals surface area contributed by atoms with E-state index >= 15 is 0 Å². The van der Waals surface area contributed by atoms with E-state index in [2.05, 4.69) is 12.2 Å². The van der Waals surface area contributed by atoms with Crippen molar-refractivity contribution in [1.29, 1.82) is 0 Å². The van der Waals surface area contributed by atoms with Crippen LogP contribution in [0, 0.1) is 0 Å². The van der Waals surface area contributed by atoms with Gasteiger partial charge in [0.25, 0.3) is 0 Å². The SMILES string of the molecule is CCCCCC[C@@H](NC(=O)CCc1ccccc1)C(N)=O. The van der Waals surface area contributed by atoms with Crippen molar-refractivity contribution in [3.05, 3.63) is 35.9 Å². The Hall–Kier alpha value is -1.84. The lowest BCUT2D eigenvalue weighted by Gasteiger charge is -2.15. The molecule has 2 amide bonds. The predicted octanol–water partition coefficient (Wildman–Crippen LogP) is 2.56. The average molecular weight is 290 g/mol. The Morgan fingerprint density at radius 1 is 1.14 bits per heavy atom. The molecule has 21 heavy (non-hydrogen) atoms. The predicted molar refractivity (Wildman–Crippen MR) is 84.6 cm³/mol. The number of carbonyl (C=O) groups is 2. The van der Waals surface area contributed by atoms with E-state index in [1.54, 1.807) is 0 Å². The maximum atomic E-state index is 11.9. The van der Waals surface area contributed by atoms with Gasteiger partial charge in [0.2, 0.25) is 11.8 Å². The molecule has 0 aromatic heterocycles. The molecule has 0 heterocycles. The Morgan fingerprint density at radius 2 is 1.86 bits per heavy atom. The number of amides is 2. The van der Waals surface area contributed by atoms with Gasteiger partial charge >= 0.3 is 0 Å². The van der Waals surface area contributed by atoms with Crippen LogP contribution in [0.5, 0.6) is 0 Å². The zero-order chi connectivity index (χ0) is 15.5. The van der Waals surface area contributed by atoms with Crippen LogP contribution in [-0.4, -0.2) is 17.9 Å². The number of benzene rings is 1. The number of nitrogens with one attached hydrogen (secondary N) is 1. The van der Waals surface area contributed by atoms with Gasteiger partial charge in [-0.15, -0.1) is 0 Å². The molecule has 0 radical (unpaired) electrons. The summed E-state index contributed by atoms with van der Waals surface area (Å²) in [5.74, 6) is -0.558. The molecule has 0 unspecified atom stereocenters. The molecule has 1 atom stereocenters. The van der Waals surface area contributed by atoms with Crippen LogP contribution < -0.4 is 11.1 Å². The van der Waals surface area contributed by atoms with Gasteiger partial charge in [-0.1, -0.05) is 62.9 Å². The highest BCUT2D eigenvalue weighted by atomic mass is 16.2. The van der Waals surface area contributed by atoms with Gasteiger partial charge in [0, 0.05) is 6.42 Å². The lowest BCUT2D eigenvalue weighted by Crippen LogP contribution is -2.44. The van der Waals surface area contributed by atoms with E-state index in [1.165, 1.54) is 0 Å². The summed E-state index contributed by atoms with van der Waals surface area (Å²) in [6.45, 7) is 2.14. The Balaban J connectivity index is 2.33. The van der Waals surface area contributed by atoms with E-state index < -0.39 is 11.9 Å². The van der Waals surface area contributed by atoms with E-state index in [0.717, 1.165) is 31.2 Å². The summed E-state index contributed by atoms with van der Waals surface area (Å²) in [5, 5.41) is 2.75. The van der Waals surface area contributed by atoms with Crippen LogP contribution in [0.1, 0.15) is 51.0 Å². The Bertz CT molecular complexity index is 432. The second kappa shape index (κ2) is 9.97. The van der Waals surface area contributed by atoms with Gasteiger partial charge in [0.15, 0.2) is 0 Å². The lowest BCUT2D eigenvalue weighted by molar-refractivity contribution is -0.127. The number of carbonyl (C=O) groups excluding carboxylic acids is 2. The van der Waals surface area contributed by atoms with Crippen LogP contribution in [0.15, 0.2) is 30.3 Å². The molecular formula is C17H26N2O2. The summed E-state index contributed by atoms with van der Waals surface area (Å²) in [5.41, 5.74) is 6.47. The fraction of sp³-hybridized carbons (Fsp3) is 0.529. The van der Waals surface area contributed by atoms with E-state index in [1.807, 2.05) is 30.3 Å². The fourth-order valence-electron chi connectivity index (χ4n) is 2.23. The van der Waals surface area contributed by atoms with Gasteiger partial charge < -0.3 is 11.1 Å². The first-order valence-electron chi connectivity index (χ1n) is 7.76. The van der Waals surface area contributed by atoms with E-state index in [0.29, 0.717) is 19.3 Å². The first kappa shape index (κ1) is 17.2. The van der Waals surface area contributed by atoms with Gasteiger partial charge in [-0.2, -0.15) is 0 Å². The zero-order valence-electron chi connectivity index (χ0n) is 12.8. The summed E-state index contributed by atoms with van der Waals surface area (Å²) in [4.78, 5) is 23.3. The van der Waals surface area contributed by atoms with Crippen molar-refractivity contribution in [2.24, 2.45) is 5.73 Å². The van der Waals surface area contributed by atoms with Crippen LogP contribution in [0.4, 0.5) is 0 Å². The van der Waals surface area contributed by atoms with Crippen LogP contribution in [0.2, 0.25) is 0 Å². The van der Waals surface area contributed by atoms with E-state index in [4.69, 9.17) is 5.73 Å². The second-order valence-electron chi connectivity index (χ2n) is 5.36. The summed E-state index contributed by atoms with van der Waals surface area (Å²) in [6.07, 6.45) is 5.96. The number of unbranched alkanes of at least 4 members (excludes halogenated alkanes) is 3. The average Bonchev–Trinajstić information content (AvgIpc) is 2.49. The molecular weight excluding hydrogens is 264 g/mol. The number of aryl methyl sites for hydroxylation is 1. The summed E-state index contributed by atoms with van der Waals surface area (Å²) in [6, 6.07) is 9.29. The third-order valence-corrected chi connectivity index (χ3v) is 3.51. The molecule has 1 rings (SSSR count). The number of rotatable bonds is 10. The summed E-state index contributed by atoms with van der Waals surface area (Å²) >= 11 is 0. The molecule has 0 aliphatic rings. The van der Waals surface area contributed by atoms with Gasteiger partial charge in [-0.25, -0.2) is 0 Å². The lowest BCUT2D eigenvalue weighted by atomic mass is 10.1. The van der Waals surface area contributed by atoms with Gasteiger partial charge in [-0.3, -0.25) is 9.59 Å². The van der Waals surface area contributed by atoms with Gasteiger partial charge in [-0.05, 0) is 18.4 Å². The molecule has 1 aromatic rings. The van der Waals surface area contributed by atoms with Crippen molar-refractivity contribution in [2.45, 2.75) is 57.9 Å². The van der Waals surface area contributed by atoms with Crippen LogP contribution >= 0.6 is 0 Å². The topological polar surface area (TPSA) is 72.2 Å². The summed E-state index contributed by atoms with van der Waals surface area (Å²) in [7, 11) is 0. The van der Waals surface area contributed by atoms with Gasteiger partial charge in [0.05, 0.1) is 0 Å². The Morgan fingerprint density at radius 3 is 2.48 bits per heavy atom. The van der Waals surface area contributed by atoms with Crippen molar-refractivity contribution in [3.8, 4) is 0 Å². The molecule has 116 valence electrons. The molecule has 0 saturated carbocycles. The molecule has 0 saturated heterocycles. The van der Waals surface area contributed by atoms with Crippen molar-refractivity contribution in [1.82, 2.24) is 5.32 Å². The minimum absolute atomic E-state index is 0.113. The Labute approximate surface area is 127 Å². The van der Waals surface area contributed by atoms with Crippen molar-refractivity contribution in [3.63, 3.8) is 0 Å². The molecule has 0 aliphatic heterocycles. The number of hydrogen-bond acceptors (Lipinski definition) is 2. The molecule has 0 fully saturated rings. The largest absolute Gasteiger partial charge is 0.368 e. The molecule has 1 aromatic carbocycles. The third kappa shape index (κ3) is 7.49. The first-order valence-corrected chi connectivity index (χ1v) is 7.76. The molecule has 0 aliphatic carbocycles. The normalized spacial score (nSPS) is 11.9. The number of hydrogen-bond donors (Lipinski definition) is 2. The number of primary amides is 1. The maximum Gasteiger partial charge on any atom is 0.239 e. The quantitative estimate of drug-likeness (QED) is 0.650. The van der Waals surface area contributed by atoms with Gasteiger partial charge in [0.1, 0.15) is 6.04 Å². The monoisotopic (exact) mass is 290 g/mol. The highest BCUT2D eigenvalue weighted by Crippen LogP contribution is 2.07. The van der Waals surface area contributed by atoms with Crippen molar-refractivity contribution in [2.75, 3.05) is 0 Å². The highest BCUT2D eigenvalue weighted by molar-refractivity contribution is 5.86. The minimum Gasteiger partial charge on any atom is -0.368 e. The second-order valence-corrected chi connectivity index (χ2v) is 5.36. The van der Waals surface area contributed by atoms with E-state index in [-0.39, 0.29) is 5.91 Å².